The molecule has 3 aromatic rings. The lowest BCUT2D eigenvalue weighted by molar-refractivity contribution is -0.133. The summed E-state index contributed by atoms with van der Waals surface area (Å²) in [6.07, 6.45) is 4.26. The van der Waals surface area contributed by atoms with Gasteiger partial charge < -0.3 is 14.1 Å². The van der Waals surface area contributed by atoms with Crippen molar-refractivity contribution in [3.63, 3.8) is 0 Å². The summed E-state index contributed by atoms with van der Waals surface area (Å²) in [5.74, 6) is 2.24. The molecule has 1 aliphatic heterocycles. The van der Waals surface area contributed by atoms with Crippen LogP contribution in [0.15, 0.2) is 59.1 Å². The van der Waals surface area contributed by atoms with Crippen LogP contribution >= 0.6 is 0 Å². The molecule has 0 bridgehead atoms. The average molecular weight is 452 g/mol. The second-order valence-corrected chi connectivity index (χ2v) is 8.63. The number of piperidine rings is 1. The van der Waals surface area contributed by atoms with Crippen molar-refractivity contribution in [2.45, 2.75) is 31.7 Å². The lowest BCUT2D eigenvalue weighted by atomic mass is 9.98. The summed E-state index contributed by atoms with van der Waals surface area (Å²) in [4.78, 5) is 21.3. The standard InChI is InChI=1S/C26H30FN3O3/c1-29(16-19-9-11-22(27)12-10-19)18-25(31)30-13-5-7-21(17-30)26-28-15-23(33-26)14-20-6-3-4-8-24(20)32-2/h3-4,6,8-12,15,21H,5,7,13-14,16-18H2,1-2H3. The Hall–Kier alpha value is -3.19. The predicted octanol–water partition coefficient (Wildman–Crippen LogP) is 4.25. The SMILES string of the molecule is COc1ccccc1Cc1cnc(C2CCCN(C(=O)CN(C)Cc3ccc(F)cc3)C2)o1. The number of amides is 1. The van der Waals surface area contributed by atoms with Gasteiger partial charge in [0.1, 0.15) is 17.3 Å². The minimum Gasteiger partial charge on any atom is -0.496 e. The van der Waals surface area contributed by atoms with E-state index in [1.54, 1.807) is 25.4 Å². The van der Waals surface area contributed by atoms with Crippen molar-refractivity contribution in [2.24, 2.45) is 0 Å². The molecule has 33 heavy (non-hydrogen) atoms. The molecule has 6 nitrogen and oxygen atoms in total. The number of ether oxygens (including phenoxy) is 1. The van der Waals surface area contributed by atoms with E-state index in [-0.39, 0.29) is 17.6 Å². The van der Waals surface area contributed by atoms with Gasteiger partial charge in [-0.2, -0.15) is 0 Å². The van der Waals surface area contributed by atoms with Crippen LogP contribution in [0, 0.1) is 5.82 Å². The zero-order valence-corrected chi connectivity index (χ0v) is 19.2. The summed E-state index contributed by atoms with van der Waals surface area (Å²) in [5, 5.41) is 0. The lowest BCUT2D eigenvalue weighted by Crippen LogP contribution is -2.43. The smallest absolute Gasteiger partial charge is 0.236 e. The Morgan fingerprint density at radius 1 is 1.24 bits per heavy atom. The highest BCUT2D eigenvalue weighted by Crippen LogP contribution is 2.28. The van der Waals surface area contributed by atoms with Crippen molar-refractivity contribution < 1.29 is 18.3 Å². The largest absolute Gasteiger partial charge is 0.496 e. The Bertz CT molecular complexity index is 1070. The summed E-state index contributed by atoms with van der Waals surface area (Å²) >= 11 is 0. The van der Waals surface area contributed by atoms with Gasteiger partial charge in [-0.25, -0.2) is 9.37 Å². The van der Waals surface area contributed by atoms with Crippen molar-refractivity contribution in [1.29, 1.82) is 0 Å². The number of methoxy groups -OCH3 is 1. The minimum atomic E-state index is -0.255. The summed E-state index contributed by atoms with van der Waals surface area (Å²) in [5.41, 5.74) is 2.03. The van der Waals surface area contributed by atoms with Gasteiger partial charge in [-0.05, 0) is 43.7 Å². The fraction of sp³-hybridized carbons (Fsp3) is 0.385. The van der Waals surface area contributed by atoms with Crippen LogP contribution in [0.3, 0.4) is 0 Å². The lowest BCUT2D eigenvalue weighted by Gasteiger charge is -2.32. The Morgan fingerprint density at radius 2 is 2.03 bits per heavy atom. The topological polar surface area (TPSA) is 58.8 Å². The fourth-order valence-corrected chi connectivity index (χ4v) is 4.32. The first-order valence-corrected chi connectivity index (χ1v) is 11.3. The number of hydrogen-bond donors (Lipinski definition) is 0. The predicted molar refractivity (Wildman–Crippen MR) is 124 cm³/mol. The van der Waals surface area contributed by atoms with Crippen molar-refractivity contribution in [2.75, 3.05) is 33.8 Å². The quantitative estimate of drug-likeness (QED) is 0.513. The molecule has 1 amide bonds. The monoisotopic (exact) mass is 451 g/mol. The van der Waals surface area contributed by atoms with Gasteiger partial charge in [-0.1, -0.05) is 30.3 Å². The normalized spacial score (nSPS) is 16.2. The van der Waals surface area contributed by atoms with Gasteiger partial charge in [0.2, 0.25) is 5.91 Å². The molecule has 0 saturated carbocycles. The highest BCUT2D eigenvalue weighted by molar-refractivity contribution is 5.78. The number of rotatable bonds is 8. The molecule has 0 aliphatic carbocycles. The third-order valence-corrected chi connectivity index (χ3v) is 6.02. The van der Waals surface area contributed by atoms with Gasteiger partial charge >= 0.3 is 0 Å². The maximum Gasteiger partial charge on any atom is 0.236 e. The highest BCUT2D eigenvalue weighted by atomic mass is 19.1. The molecule has 2 heterocycles. The number of hydrogen-bond acceptors (Lipinski definition) is 5. The summed E-state index contributed by atoms with van der Waals surface area (Å²) in [6, 6.07) is 14.3. The molecule has 174 valence electrons. The van der Waals surface area contributed by atoms with Gasteiger partial charge in [0, 0.05) is 31.6 Å². The molecular weight excluding hydrogens is 421 g/mol. The first-order chi connectivity index (χ1) is 16.0. The maximum absolute atomic E-state index is 13.1. The molecular formula is C26H30FN3O3. The van der Waals surface area contributed by atoms with Crippen molar-refractivity contribution >= 4 is 5.91 Å². The number of halogens is 1. The van der Waals surface area contributed by atoms with Crippen LogP contribution in [0.25, 0.3) is 0 Å². The molecule has 4 rings (SSSR count). The van der Waals surface area contributed by atoms with E-state index in [2.05, 4.69) is 4.98 Å². The zero-order chi connectivity index (χ0) is 23.2. The number of likely N-dealkylation sites (tertiary alicyclic amines) is 1. The van der Waals surface area contributed by atoms with E-state index >= 15 is 0 Å². The van der Waals surface area contributed by atoms with Crippen molar-refractivity contribution in [3.8, 4) is 5.75 Å². The molecule has 1 aliphatic rings. The Balaban J connectivity index is 1.33. The number of likely N-dealkylation sites (N-methyl/N-ethyl adjacent to an activating group) is 1. The van der Waals surface area contributed by atoms with Gasteiger partial charge in [0.15, 0.2) is 5.89 Å². The number of benzene rings is 2. The molecule has 0 spiro atoms. The number of carbonyl (C=O) groups is 1. The van der Waals surface area contributed by atoms with E-state index in [9.17, 15) is 9.18 Å². The first kappa shape index (κ1) is 23.0. The Morgan fingerprint density at radius 3 is 2.82 bits per heavy atom. The highest BCUT2D eigenvalue weighted by Gasteiger charge is 2.28. The molecule has 1 atom stereocenters. The zero-order valence-electron chi connectivity index (χ0n) is 19.2. The van der Waals surface area contributed by atoms with Crippen LogP contribution < -0.4 is 4.74 Å². The van der Waals surface area contributed by atoms with Gasteiger partial charge in [-0.3, -0.25) is 9.69 Å². The molecule has 0 N–H and O–H groups in total. The van der Waals surface area contributed by atoms with E-state index < -0.39 is 0 Å². The van der Waals surface area contributed by atoms with E-state index in [1.165, 1.54) is 12.1 Å². The van der Waals surface area contributed by atoms with Gasteiger partial charge in [0.05, 0.1) is 25.8 Å². The van der Waals surface area contributed by atoms with E-state index in [0.717, 1.165) is 42.0 Å². The second-order valence-electron chi connectivity index (χ2n) is 8.63. The van der Waals surface area contributed by atoms with Gasteiger partial charge in [0.25, 0.3) is 0 Å². The number of carbonyl (C=O) groups excluding carboxylic acids is 1. The van der Waals surface area contributed by atoms with Crippen LogP contribution in [0.2, 0.25) is 0 Å². The van der Waals surface area contributed by atoms with Crippen molar-refractivity contribution in [3.05, 3.63) is 83.3 Å². The summed E-state index contributed by atoms with van der Waals surface area (Å²) < 4.78 is 24.6. The van der Waals surface area contributed by atoms with Gasteiger partial charge in [-0.15, -0.1) is 0 Å². The number of oxazole rings is 1. The van der Waals surface area contributed by atoms with Crippen LogP contribution in [-0.2, 0) is 17.8 Å². The van der Waals surface area contributed by atoms with E-state index in [0.29, 0.717) is 31.9 Å². The first-order valence-electron chi connectivity index (χ1n) is 11.3. The van der Waals surface area contributed by atoms with Crippen LogP contribution in [-0.4, -0.2) is 54.5 Å². The number of para-hydroxylation sites is 1. The minimum absolute atomic E-state index is 0.0881. The maximum atomic E-state index is 13.1. The second kappa shape index (κ2) is 10.6. The molecule has 1 saturated heterocycles. The Kier molecular flexibility index (Phi) is 7.40. The molecule has 7 heteroatoms. The number of nitrogens with zero attached hydrogens (tertiary/aromatic N) is 3. The molecule has 1 unspecified atom stereocenters. The summed E-state index contributed by atoms with van der Waals surface area (Å²) in [6.45, 7) is 2.26. The van der Waals surface area contributed by atoms with Crippen LogP contribution in [0.1, 0.15) is 41.5 Å². The fourth-order valence-electron chi connectivity index (χ4n) is 4.32. The van der Waals surface area contributed by atoms with Crippen LogP contribution in [0.5, 0.6) is 5.75 Å². The molecule has 1 fully saturated rings. The Labute approximate surface area is 194 Å². The average Bonchev–Trinajstić information content (AvgIpc) is 3.29. The number of aromatic nitrogens is 1. The summed E-state index contributed by atoms with van der Waals surface area (Å²) in [7, 11) is 3.57. The third-order valence-electron chi connectivity index (χ3n) is 6.02. The van der Waals surface area contributed by atoms with Crippen molar-refractivity contribution in [1.82, 2.24) is 14.8 Å². The molecule has 0 radical (unpaired) electrons. The van der Waals surface area contributed by atoms with E-state index in [1.807, 2.05) is 41.1 Å². The molecule has 1 aromatic heterocycles. The van der Waals surface area contributed by atoms with E-state index in [4.69, 9.17) is 9.15 Å². The van der Waals surface area contributed by atoms with Crippen LogP contribution in [0.4, 0.5) is 4.39 Å². The third kappa shape index (κ3) is 5.99. The molecule has 2 aromatic carbocycles.